The smallest absolute Gasteiger partial charge is 0.267 e. The van der Waals surface area contributed by atoms with Gasteiger partial charge in [-0.05, 0) is 38.1 Å². The average molecular weight is 280 g/mol. The van der Waals surface area contributed by atoms with E-state index in [2.05, 4.69) is 10.2 Å². The second-order valence-electron chi connectivity index (χ2n) is 5.06. The molecule has 0 fully saturated rings. The molecule has 3 aromatic rings. The van der Waals surface area contributed by atoms with Crippen LogP contribution in [-0.4, -0.2) is 19.6 Å². The minimum absolute atomic E-state index is 0.0190. The summed E-state index contributed by atoms with van der Waals surface area (Å²) >= 11 is 0. The Kier molecular flexibility index (Phi) is 3.39. The highest BCUT2D eigenvalue weighted by atomic mass is 16.1. The third kappa shape index (κ3) is 2.50. The molecule has 106 valence electrons. The summed E-state index contributed by atoms with van der Waals surface area (Å²) in [5.74, 6) is 0. The molecule has 1 aromatic carbocycles. The van der Waals surface area contributed by atoms with Crippen molar-refractivity contribution >= 4 is 0 Å². The number of hydrogen-bond acceptors (Lipinski definition) is 3. The average Bonchev–Trinajstić information content (AvgIpc) is 2.98. The molecule has 5 heteroatoms. The largest absolute Gasteiger partial charge is 0.268 e. The maximum absolute atomic E-state index is 11.8. The summed E-state index contributed by atoms with van der Waals surface area (Å²) in [6.45, 7) is 3.87. The van der Waals surface area contributed by atoms with Gasteiger partial charge < -0.3 is 0 Å². The summed E-state index contributed by atoms with van der Waals surface area (Å²) in [6.07, 6.45) is 1.73. The van der Waals surface area contributed by atoms with Gasteiger partial charge >= 0.3 is 0 Å². The second kappa shape index (κ2) is 5.36. The molecule has 2 heterocycles. The lowest BCUT2D eigenvalue weighted by molar-refractivity contribution is 0.504. The number of para-hydroxylation sites is 1. The van der Waals surface area contributed by atoms with E-state index >= 15 is 0 Å². The van der Waals surface area contributed by atoms with Crippen LogP contribution in [0.3, 0.4) is 0 Å². The van der Waals surface area contributed by atoms with Crippen LogP contribution in [0.1, 0.15) is 19.9 Å². The van der Waals surface area contributed by atoms with Crippen LogP contribution in [0.4, 0.5) is 0 Å². The van der Waals surface area contributed by atoms with Gasteiger partial charge in [0, 0.05) is 6.07 Å². The van der Waals surface area contributed by atoms with E-state index in [-0.39, 0.29) is 11.6 Å². The molecule has 0 N–H and O–H groups in total. The highest BCUT2D eigenvalue weighted by molar-refractivity contribution is 5.56. The zero-order valence-electron chi connectivity index (χ0n) is 12.0. The van der Waals surface area contributed by atoms with Gasteiger partial charge in [0.25, 0.3) is 5.56 Å². The van der Waals surface area contributed by atoms with E-state index in [0.717, 1.165) is 17.1 Å². The minimum atomic E-state index is -0.0977. The van der Waals surface area contributed by atoms with E-state index in [9.17, 15) is 4.79 Å². The Bertz CT molecular complexity index is 802. The van der Waals surface area contributed by atoms with Crippen LogP contribution in [0, 0.1) is 0 Å². The van der Waals surface area contributed by atoms with Crippen LogP contribution in [0.2, 0.25) is 0 Å². The number of rotatable bonds is 3. The molecule has 2 aromatic heterocycles. The van der Waals surface area contributed by atoms with Crippen LogP contribution in [-0.2, 0) is 0 Å². The highest BCUT2D eigenvalue weighted by Crippen LogP contribution is 2.19. The highest BCUT2D eigenvalue weighted by Gasteiger charge is 2.11. The van der Waals surface area contributed by atoms with Crippen molar-refractivity contribution in [2.24, 2.45) is 0 Å². The molecule has 0 saturated carbocycles. The Hall–Kier alpha value is -2.69. The molecular weight excluding hydrogens is 264 g/mol. The summed E-state index contributed by atoms with van der Waals surface area (Å²) in [4.78, 5) is 11.8. The maximum atomic E-state index is 11.8. The standard InChI is InChI=1S/C16H16N4O/c1-12(2)19-16(21)9-8-14(18-19)15-10-11-17-20(15)13-6-4-3-5-7-13/h3-12H,1-2H3. The molecule has 0 aliphatic heterocycles. The summed E-state index contributed by atoms with van der Waals surface area (Å²) in [6, 6.07) is 15.0. The molecule has 0 aliphatic rings. The van der Waals surface area contributed by atoms with Gasteiger partial charge in [0.15, 0.2) is 0 Å². The lowest BCUT2D eigenvalue weighted by Crippen LogP contribution is -2.24. The van der Waals surface area contributed by atoms with Crippen LogP contribution in [0.25, 0.3) is 17.1 Å². The first-order chi connectivity index (χ1) is 10.2. The van der Waals surface area contributed by atoms with Gasteiger partial charge in [0.05, 0.1) is 23.6 Å². The Labute approximate surface area is 122 Å². The number of aromatic nitrogens is 4. The predicted octanol–water partition coefficient (Wildman–Crippen LogP) is 2.68. The Balaban J connectivity index is 2.13. The quantitative estimate of drug-likeness (QED) is 0.741. The van der Waals surface area contributed by atoms with Crippen molar-refractivity contribution in [3.63, 3.8) is 0 Å². The fraction of sp³-hybridized carbons (Fsp3) is 0.188. The van der Waals surface area contributed by atoms with Gasteiger partial charge in [-0.1, -0.05) is 18.2 Å². The van der Waals surface area contributed by atoms with Crippen LogP contribution >= 0.6 is 0 Å². The molecule has 0 bridgehead atoms. The van der Waals surface area contributed by atoms with Gasteiger partial charge in [-0.15, -0.1) is 0 Å². The second-order valence-corrected chi connectivity index (χ2v) is 5.06. The van der Waals surface area contributed by atoms with Crippen LogP contribution in [0.15, 0.2) is 59.5 Å². The molecule has 0 amide bonds. The molecular formula is C16H16N4O. The Morgan fingerprint density at radius 1 is 1.00 bits per heavy atom. The van der Waals surface area contributed by atoms with E-state index in [1.165, 1.54) is 4.68 Å². The first-order valence-corrected chi connectivity index (χ1v) is 6.86. The van der Waals surface area contributed by atoms with Crippen molar-refractivity contribution in [3.8, 4) is 17.1 Å². The van der Waals surface area contributed by atoms with E-state index in [1.54, 1.807) is 18.3 Å². The maximum Gasteiger partial charge on any atom is 0.267 e. The van der Waals surface area contributed by atoms with Gasteiger partial charge in [0.1, 0.15) is 5.69 Å². The predicted molar refractivity (Wildman–Crippen MR) is 81.4 cm³/mol. The van der Waals surface area contributed by atoms with Crippen molar-refractivity contribution in [2.45, 2.75) is 19.9 Å². The Morgan fingerprint density at radius 2 is 1.76 bits per heavy atom. The first-order valence-electron chi connectivity index (χ1n) is 6.86. The zero-order valence-corrected chi connectivity index (χ0v) is 12.0. The first kappa shape index (κ1) is 13.3. The Morgan fingerprint density at radius 3 is 2.48 bits per heavy atom. The lowest BCUT2D eigenvalue weighted by Gasteiger charge is -2.11. The van der Waals surface area contributed by atoms with Crippen molar-refractivity contribution in [3.05, 3.63) is 65.1 Å². The molecule has 0 saturated heterocycles. The molecule has 5 nitrogen and oxygen atoms in total. The third-order valence-electron chi connectivity index (χ3n) is 3.22. The summed E-state index contributed by atoms with van der Waals surface area (Å²) in [5, 5.41) is 8.79. The SMILES string of the molecule is CC(C)n1nc(-c2ccnn2-c2ccccc2)ccc1=O. The molecule has 0 atom stereocenters. The van der Waals surface area contributed by atoms with E-state index in [1.807, 2.05) is 54.9 Å². The summed E-state index contributed by atoms with van der Waals surface area (Å²) in [5.41, 5.74) is 2.45. The number of benzene rings is 1. The van der Waals surface area contributed by atoms with Gasteiger partial charge in [-0.2, -0.15) is 10.2 Å². The number of nitrogens with zero attached hydrogens (tertiary/aromatic N) is 4. The molecule has 0 unspecified atom stereocenters. The van der Waals surface area contributed by atoms with Crippen molar-refractivity contribution in [2.75, 3.05) is 0 Å². The van der Waals surface area contributed by atoms with Gasteiger partial charge in [0.2, 0.25) is 0 Å². The normalized spacial score (nSPS) is 11.0. The lowest BCUT2D eigenvalue weighted by atomic mass is 10.2. The molecule has 0 radical (unpaired) electrons. The van der Waals surface area contributed by atoms with E-state index in [4.69, 9.17) is 0 Å². The summed E-state index contributed by atoms with van der Waals surface area (Å²) in [7, 11) is 0. The fourth-order valence-corrected chi connectivity index (χ4v) is 2.20. The monoisotopic (exact) mass is 280 g/mol. The third-order valence-corrected chi connectivity index (χ3v) is 3.22. The number of hydrogen-bond donors (Lipinski definition) is 0. The fourth-order valence-electron chi connectivity index (χ4n) is 2.20. The van der Waals surface area contributed by atoms with Crippen molar-refractivity contribution in [1.29, 1.82) is 0 Å². The molecule has 0 aliphatic carbocycles. The van der Waals surface area contributed by atoms with Gasteiger partial charge in [-0.25, -0.2) is 9.36 Å². The zero-order chi connectivity index (χ0) is 14.8. The van der Waals surface area contributed by atoms with Gasteiger partial charge in [-0.3, -0.25) is 4.79 Å². The van der Waals surface area contributed by atoms with Crippen LogP contribution in [0.5, 0.6) is 0 Å². The van der Waals surface area contributed by atoms with E-state index < -0.39 is 0 Å². The summed E-state index contributed by atoms with van der Waals surface area (Å²) < 4.78 is 3.30. The van der Waals surface area contributed by atoms with Crippen molar-refractivity contribution in [1.82, 2.24) is 19.6 Å². The van der Waals surface area contributed by atoms with Crippen molar-refractivity contribution < 1.29 is 0 Å². The molecule has 0 spiro atoms. The van der Waals surface area contributed by atoms with Crippen LogP contribution < -0.4 is 5.56 Å². The molecule has 21 heavy (non-hydrogen) atoms. The van der Waals surface area contributed by atoms with E-state index in [0.29, 0.717) is 0 Å². The minimum Gasteiger partial charge on any atom is -0.268 e. The topological polar surface area (TPSA) is 52.7 Å². The molecule has 3 rings (SSSR count).